The SMILES string of the molecule is C=CCN=C(NCC)NC1CCN(Cc2ccc(C(F)(F)F)cc2)C1. The van der Waals surface area contributed by atoms with Crippen LogP contribution in [0.1, 0.15) is 24.5 Å². The highest BCUT2D eigenvalue weighted by Gasteiger charge is 2.30. The molecule has 0 bridgehead atoms. The fraction of sp³-hybridized carbons (Fsp3) is 0.500. The number of aliphatic imine (C=N–C) groups is 1. The van der Waals surface area contributed by atoms with E-state index in [1.807, 2.05) is 6.92 Å². The minimum atomic E-state index is -4.28. The van der Waals surface area contributed by atoms with E-state index in [4.69, 9.17) is 0 Å². The molecule has 1 unspecified atom stereocenters. The molecule has 0 saturated carbocycles. The van der Waals surface area contributed by atoms with Crippen molar-refractivity contribution in [2.45, 2.75) is 32.1 Å². The van der Waals surface area contributed by atoms with E-state index in [2.05, 4.69) is 27.1 Å². The van der Waals surface area contributed by atoms with E-state index in [9.17, 15) is 13.2 Å². The molecule has 25 heavy (non-hydrogen) atoms. The molecule has 0 radical (unpaired) electrons. The van der Waals surface area contributed by atoms with Gasteiger partial charge >= 0.3 is 6.18 Å². The minimum Gasteiger partial charge on any atom is -0.357 e. The van der Waals surface area contributed by atoms with Gasteiger partial charge < -0.3 is 10.6 Å². The molecule has 4 nitrogen and oxygen atoms in total. The number of nitrogens with zero attached hydrogens (tertiary/aromatic N) is 2. The molecule has 0 aromatic heterocycles. The maximum absolute atomic E-state index is 12.6. The lowest BCUT2D eigenvalue weighted by Gasteiger charge is -2.19. The standard InChI is InChI=1S/C18H25F3N4/c1-3-10-23-17(22-4-2)24-16-9-11-25(13-16)12-14-5-7-15(8-6-14)18(19,20)21/h3,5-8,16H,1,4,9-13H2,2H3,(H2,22,23,24). The monoisotopic (exact) mass is 354 g/mol. The Kier molecular flexibility index (Phi) is 6.87. The molecule has 0 spiro atoms. The van der Waals surface area contributed by atoms with Crippen molar-refractivity contribution in [1.82, 2.24) is 15.5 Å². The first kappa shape index (κ1) is 19.3. The molecule has 1 aromatic carbocycles. The quantitative estimate of drug-likeness (QED) is 0.469. The smallest absolute Gasteiger partial charge is 0.357 e. The van der Waals surface area contributed by atoms with Crippen molar-refractivity contribution in [2.75, 3.05) is 26.2 Å². The van der Waals surface area contributed by atoms with Crippen molar-refractivity contribution in [2.24, 2.45) is 4.99 Å². The molecule has 1 saturated heterocycles. The van der Waals surface area contributed by atoms with Crippen molar-refractivity contribution in [3.63, 3.8) is 0 Å². The van der Waals surface area contributed by atoms with Crippen LogP contribution in [0.3, 0.4) is 0 Å². The van der Waals surface area contributed by atoms with Gasteiger partial charge in [-0.05, 0) is 31.0 Å². The normalized spacial score (nSPS) is 19.0. The second kappa shape index (κ2) is 8.89. The fourth-order valence-corrected chi connectivity index (χ4v) is 2.82. The lowest BCUT2D eigenvalue weighted by atomic mass is 10.1. The first-order chi connectivity index (χ1) is 11.9. The Bertz CT molecular complexity index is 581. The predicted molar refractivity (Wildman–Crippen MR) is 94.4 cm³/mol. The number of likely N-dealkylation sites (tertiary alicyclic amines) is 1. The van der Waals surface area contributed by atoms with Gasteiger partial charge in [-0.25, -0.2) is 4.99 Å². The highest BCUT2D eigenvalue weighted by atomic mass is 19.4. The van der Waals surface area contributed by atoms with Gasteiger partial charge in [0.1, 0.15) is 0 Å². The average molecular weight is 354 g/mol. The van der Waals surface area contributed by atoms with Gasteiger partial charge in [-0.2, -0.15) is 13.2 Å². The van der Waals surface area contributed by atoms with Gasteiger partial charge in [-0.15, -0.1) is 6.58 Å². The topological polar surface area (TPSA) is 39.7 Å². The summed E-state index contributed by atoms with van der Waals surface area (Å²) in [5.74, 6) is 0.767. The summed E-state index contributed by atoms with van der Waals surface area (Å²) in [6.07, 6.45) is -1.57. The zero-order chi connectivity index (χ0) is 18.3. The summed E-state index contributed by atoms with van der Waals surface area (Å²) in [4.78, 5) is 6.62. The third-order valence-corrected chi connectivity index (χ3v) is 4.02. The van der Waals surface area contributed by atoms with Crippen molar-refractivity contribution >= 4 is 5.96 Å². The maximum atomic E-state index is 12.6. The molecule has 0 aliphatic carbocycles. The van der Waals surface area contributed by atoms with Crippen LogP contribution in [0.2, 0.25) is 0 Å². The molecule has 0 amide bonds. The molecule has 1 aliphatic heterocycles. The summed E-state index contributed by atoms with van der Waals surface area (Å²) >= 11 is 0. The number of hydrogen-bond donors (Lipinski definition) is 2. The van der Waals surface area contributed by atoms with Crippen molar-refractivity contribution in [3.05, 3.63) is 48.0 Å². The second-order valence-corrected chi connectivity index (χ2v) is 6.07. The minimum absolute atomic E-state index is 0.275. The van der Waals surface area contributed by atoms with Crippen LogP contribution in [-0.2, 0) is 12.7 Å². The van der Waals surface area contributed by atoms with Gasteiger partial charge in [0.15, 0.2) is 5.96 Å². The zero-order valence-electron chi connectivity index (χ0n) is 14.4. The van der Waals surface area contributed by atoms with E-state index in [-0.39, 0.29) is 6.04 Å². The van der Waals surface area contributed by atoms with Crippen LogP contribution in [0.4, 0.5) is 13.2 Å². The summed E-state index contributed by atoms with van der Waals surface area (Å²) in [6, 6.07) is 5.67. The van der Waals surface area contributed by atoms with E-state index < -0.39 is 11.7 Å². The van der Waals surface area contributed by atoms with Crippen LogP contribution in [0.15, 0.2) is 41.9 Å². The number of guanidine groups is 1. The van der Waals surface area contributed by atoms with Crippen molar-refractivity contribution < 1.29 is 13.2 Å². The molecule has 1 aromatic rings. The number of benzene rings is 1. The van der Waals surface area contributed by atoms with Crippen LogP contribution in [0.25, 0.3) is 0 Å². The first-order valence-electron chi connectivity index (χ1n) is 8.46. The largest absolute Gasteiger partial charge is 0.416 e. The Balaban J connectivity index is 1.87. The second-order valence-electron chi connectivity index (χ2n) is 6.07. The van der Waals surface area contributed by atoms with Crippen LogP contribution in [0, 0.1) is 0 Å². The highest BCUT2D eigenvalue weighted by Crippen LogP contribution is 2.29. The van der Waals surface area contributed by atoms with Gasteiger partial charge in [0.05, 0.1) is 12.1 Å². The van der Waals surface area contributed by atoms with Gasteiger partial charge in [0.25, 0.3) is 0 Å². The van der Waals surface area contributed by atoms with Crippen LogP contribution < -0.4 is 10.6 Å². The lowest BCUT2D eigenvalue weighted by molar-refractivity contribution is -0.137. The highest BCUT2D eigenvalue weighted by molar-refractivity contribution is 5.80. The van der Waals surface area contributed by atoms with E-state index >= 15 is 0 Å². The van der Waals surface area contributed by atoms with Gasteiger partial charge in [-0.1, -0.05) is 18.2 Å². The number of nitrogens with one attached hydrogen (secondary N) is 2. The number of hydrogen-bond acceptors (Lipinski definition) is 2. The average Bonchev–Trinajstić information content (AvgIpc) is 2.99. The van der Waals surface area contributed by atoms with Gasteiger partial charge in [0.2, 0.25) is 0 Å². The fourth-order valence-electron chi connectivity index (χ4n) is 2.82. The van der Waals surface area contributed by atoms with Crippen LogP contribution >= 0.6 is 0 Å². The lowest BCUT2D eigenvalue weighted by Crippen LogP contribution is -2.44. The number of rotatable bonds is 6. The van der Waals surface area contributed by atoms with E-state index in [0.717, 1.165) is 49.7 Å². The Hall–Kier alpha value is -2.02. The summed E-state index contributed by atoms with van der Waals surface area (Å²) < 4.78 is 37.8. The van der Waals surface area contributed by atoms with Crippen LogP contribution in [-0.4, -0.2) is 43.1 Å². The number of halogens is 3. The molecule has 1 fully saturated rings. The van der Waals surface area contributed by atoms with E-state index in [1.54, 1.807) is 18.2 Å². The van der Waals surface area contributed by atoms with Crippen molar-refractivity contribution in [1.29, 1.82) is 0 Å². The third kappa shape index (κ3) is 6.08. The first-order valence-corrected chi connectivity index (χ1v) is 8.46. The third-order valence-electron chi connectivity index (χ3n) is 4.02. The summed E-state index contributed by atoms with van der Waals surface area (Å²) in [6.45, 7) is 9.39. The molecule has 1 atom stereocenters. The summed E-state index contributed by atoms with van der Waals surface area (Å²) in [5.41, 5.74) is 0.284. The number of alkyl halides is 3. The van der Waals surface area contributed by atoms with Gasteiger partial charge in [-0.3, -0.25) is 4.90 Å². The summed E-state index contributed by atoms with van der Waals surface area (Å²) in [7, 11) is 0. The van der Waals surface area contributed by atoms with E-state index in [0.29, 0.717) is 13.1 Å². The van der Waals surface area contributed by atoms with Crippen LogP contribution in [0.5, 0.6) is 0 Å². The predicted octanol–water partition coefficient (Wildman–Crippen LogP) is 3.02. The molecule has 7 heteroatoms. The molecule has 1 aliphatic rings. The Morgan fingerprint density at radius 2 is 2.08 bits per heavy atom. The molecule has 2 rings (SSSR count). The Morgan fingerprint density at radius 3 is 2.68 bits per heavy atom. The molecular weight excluding hydrogens is 329 g/mol. The Labute approximate surface area is 146 Å². The Morgan fingerprint density at radius 1 is 1.36 bits per heavy atom. The van der Waals surface area contributed by atoms with Gasteiger partial charge in [0, 0.05) is 32.2 Å². The molecule has 2 N–H and O–H groups in total. The molecule has 1 heterocycles. The summed E-state index contributed by atoms with van der Waals surface area (Å²) in [5, 5.41) is 6.59. The molecule has 138 valence electrons. The van der Waals surface area contributed by atoms with Crippen molar-refractivity contribution in [3.8, 4) is 0 Å². The zero-order valence-corrected chi connectivity index (χ0v) is 14.4. The van der Waals surface area contributed by atoms with E-state index in [1.165, 1.54) is 0 Å². The molecular formula is C18H25F3N4. The maximum Gasteiger partial charge on any atom is 0.416 e.